The van der Waals surface area contributed by atoms with Crippen LogP contribution in [0, 0.1) is 27.9 Å². The molecule has 1 aliphatic rings. The number of hydrogen-bond donors (Lipinski definition) is 0. The first kappa shape index (κ1) is 21.8. The largest absolute Gasteiger partial charge is 0.740 e. The van der Waals surface area contributed by atoms with Crippen molar-refractivity contribution in [2.24, 2.45) is 11.3 Å². The van der Waals surface area contributed by atoms with Crippen LogP contribution in [0.25, 0.3) is 22.3 Å². The number of fused-ring (bicyclic) bond motifs is 1. The highest BCUT2D eigenvalue weighted by atomic mass is 16.5. The van der Waals surface area contributed by atoms with Gasteiger partial charge in [-0.25, -0.2) is 4.57 Å². The lowest BCUT2D eigenvalue weighted by molar-refractivity contribution is -0.583. The van der Waals surface area contributed by atoms with Gasteiger partial charge in [0.25, 0.3) is 0 Å². The Kier molecular flexibility index (Phi) is 5.87. The van der Waals surface area contributed by atoms with Crippen LogP contribution in [0.4, 0.5) is 0 Å². The molecule has 4 rings (SSSR count). The van der Waals surface area contributed by atoms with E-state index in [-0.39, 0.29) is 18.7 Å². The summed E-state index contributed by atoms with van der Waals surface area (Å²) in [5, 5.41) is 27.0. The van der Waals surface area contributed by atoms with E-state index in [0.29, 0.717) is 33.8 Å². The monoisotopic (exact) mass is 436 g/mol. The Morgan fingerprint density at radius 3 is 2.84 bits per heavy atom. The van der Waals surface area contributed by atoms with Gasteiger partial charge in [0.05, 0.1) is 47.3 Å². The van der Waals surface area contributed by atoms with E-state index in [1.54, 1.807) is 43.8 Å². The summed E-state index contributed by atoms with van der Waals surface area (Å²) in [7, 11) is 0. The number of esters is 1. The van der Waals surface area contributed by atoms with E-state index >= 15 is 0 Å². The fourth-order valence-corrected chi connectivity index (χ4v) is 4.36. The average Bonchev–Trinajstić information content (AvgIpc) is 3.51. The zero-order chi connectivity index (χ0) is 22.9. The average molecular weight is 437 g/mol. The molecule has 32 heavy (non-hydrogen) atoms. The standard InChI is InChI=1S/C23H28N6O3/c1-23(2,3)22(30)32-15-27-11-9-18-20(25-14-29(31)21(18)27)17-12-26-28(13-17)19(8-10-24)16-6-4-5-7-16/h9,11-14,16,19H,4-8,15H2,1-3H3. The second-order valence-electron chi connectivity index (χ2n) is 9.44. The van der Waals surface area contributed by atoms with E-state index in [2.05, 4.69) is 16.2 Å². The number of nitrogens with zero attached hydrogens (tertiary/aromatic N) is 6. The molecule has 0 spiro atoms. The number of nitriles is 1. The highest BCUT2D eigenvalue weighted by molar-refractivity contribution is 5.89. The van der Waals surface area contributed by atoms with Crippen molar-refractivity contribution in [2.75, 3.05) is 0 Å². The molecule has 9 nitrogen and oxygen atoms in total. The Balaban J connectivity index is 1.64. The van der Waals surface area contributed by atoms with Crippen LogP contribution < -0.4 is 4.73 Å². The number of ether oxygens (including phenoxy) is 1. The van der Waals surface area contributed by atoms with Crippen molar-refractivity contribution in [1.82, 2.24) is 19.3 Å². The molecule has 0 radical (unpaired) electrons. The highest BCUT2D eigenvalue weighted by Gasteiger charge is 2.28. The van der Waals surface area contributed by atoms with Crippen LogP contribution in [0.5, 0.6) is 0 Å². The van der Waals surface area contributed by atoms with Gasteiger partial charge in [0, 0.05) is 6.20 Å². The minimum Gasteiger partial charge on any atom is -0.740 e. The third-order valence-electron chi connectivity index (χ3n) is 6.10. The molecule has 3 aromatic heterocycles. The normalized spacial score (nSPS) is 15.7. The quantitative estimate of drug-likeness (QED) is 0.331. The smallest absolute Gasteiger partial charge is 0.313 e. The van der Waals surface area contributed by atoms with Crippen molar-refractivity contribution in [3.63, 3.8) is 0 Å². The van der Waals surface area contributed by atoms with Crippen LogP contribution >= 0.6 is 0 Å². The molecular weight excluding hydrogens is 408 g/mol. The maximum atomic E-state index is 12.5. The fourth-order valence-electron chi connectivity index (χ4n) is 4.36. The van der Waals surface area contributed by atoms with Crippen LogP contribution in [-0.2, 0) is 16.3 Å². The summed E-state index contributed by atoms with van der Waals surface area (Å²) in [6.45, 7) is 5.28. The Hall–Kier alpha value is -3.41. The van der Waals surface area contributed by atoms with Crippen molar-refractivity contribution < 1.29 is 14.3 Å². The van der Waals surface area contributed by atoms with E-state index in [1.165, 1.54) is 19.2 Å². The molecule has 9 heteroatoms. The van der Waals surface area contributed by atoms with Crippen molar-refractivity contribution in [2.45, 2.75) is 65.6 Å². The second-order valence-corrected chi connectivity index (χ2v) is 9.44. The molecule has 1 atom stereocenters. The second kappa shape index (κ2) is 8.61. The van der Waals surface area contributed by atoms with Gasteiger partial charge < -0.3 is 9.94 Å². The summed E-state index contributed by atoms with van der Waals surface area (Å²) in [6, 6.07) is 4.13. The van der Waals surface area contributed by atoms with Gasteiger partial charge in [-0.1, -0.05) is 12.8 Å². The van der Waals surface area contributed by atoms with Gasteiger partial charge in [0.15, 0.2) is 5.69 Å². The lowest BCUT2D eigenvalue weighted by Crippen LogP contribution is -2.31. The summed E-state index contributed by atoms with van der Waals surface area (Å²) in [5.41, 5.74) is 1.13. The van der Waals surface area contributed by atoms with Crippen molar-refractivity contribution in [3.8, 4) is 17.3 Å². The fraction of sp³-hybridized carbons (Fsp3) is 0.522. The van der Waals surface area contributed by atoms with Crippen molar-refractivity contribution in [1.29, 1.82) is 5.26 Å². The predicted octanol–water partition coefficient (Wildman–Crippen LogP) is 3.72. The van der Waals surface area contributed by atoms with E-state index in [0.717, 1.165) is 18.4 Å². The summed E-state index contributed by atoms with van der Waals surface area (Å²) in [6.07, 6.45) is 11.6. The molecule has 3 heterocycles. The summed E-state index contributed by atoms with van der Waals surface area (Å²) >= 11 is 0. The van der Waals surface area contributed by atoms with Gasteiger partial charge in [-0.05, 0) is 45.6 Å². The van der Waals surface area contributed by atoms with E-state index < -0.39 is 5.41 Å². The summed E-state index contributed by atoms with van der Waals surface area (Å²) in [5.74, 6) is 0.108. The minimum absolute atomic E-state index is 0.0429. The molecule has 3 aromatic rings. The SMILES string of the molecule is CC(C)(C)C(=O)OCn1ccc2c(-c3cnn(C(CC#N)C4CCCC4)c3)nc[n+]([O-])c21. The van der Waals surface area contributed by atoms with Gasteiger partial charge in [-0.3, -0.25) is 14.2 Å². The molecule has 0 aliphatic heterocycles. The zero-order valence-electron chi connectivity index (χ0n) is 18.7. The van der Waals surface area contributed by atoms with E-state index in [9.17, 15) is 15.3 Å². The van der Waals surface area contributed by atoms with Crippen molar-refractivity contribution >= 4 is 17.0 Å². The predicted molar refractivity (Wildman–Crippen MR) is 117 cm³/mol. The highest BCUT2D eigenvalue weighted by Crippen LogP contribution is 2.36. The summed E-state index contributed by atoms with van der Waals surface area (Å²) in [4.78, 5) is 16.5. The van der Waals surface area contributed by atoms with E-state index in [1.807, 2.05) is 10.9 Å². The Morgan fingerprint density at radius 1 is 1.41 bits per heavy atom. The van der Waals surface area contributed by atoms with Crippen LogP contribution in [0.2, 0.25) is 0 Å². The maximum Gasteiger partial charge on any atom is 0.313 e. The Bertz CT molecular complexity index is 1160. The van der Waals surface area contributed by atoms with Gasteiger partial charge in [0.2, 0.25) is 18.7 Å². The third kappa shape index (κ3) is 4.17. The third-order valence-corrected chi connectivity index (χ3v) is 6.10. The number of rotatable bonds is 6. The molecule has 0 aromatic carbocycles. The molecule has 1 fully saturated rings. The van der Waals surface area contributed by atoms with Crippen LogP contribution in [0.15, 0.2) is 31.0 Å². The first-order valence-electron chi connectivity index (χ1n) is 11.0. The Labute approximate surface area is 186 Å². The lowest BCUT2D eigenvalue weighted by Gasteiger charge is -2.21. The molecule has 1 saturated carbocycles. The van der Waals surface area contributed by atoms with Gasteiger partial charge in [-0.2, -0.15) is 10.4 Å². The van der Waals surface area contributed by atoms with Gasteiger partial charge >= 0.3 is 5.97 Å². The summed E-state index contributed by atoms with van der Waals surface area (Å²) < 4.78 is 9.53. The molecule has 1 aliphatic carbocycles. The first-order chi connectivity index (χ1) is 15.3. The number of carbonyl (C=O) groups excluding carboxylic acids is 1. The van der Waals surface area contributed by atoms with E-state index in [4.69, 9.17) is 4.74 Å². The molecule has 0 bridgehead atoms. The number of hydrogen-bond acceptors (Lipinski definition) is 6. The minimum atomic E-state index is -0.628. The Morgan fingerprint density at radius 2 is 2.16 bits per heavy atom. The molecular formula is C23H28N6O3. The van der Waals surface area contributed by atoms with Crippen LogP contribution in [-0.4, -0.2) is 25.3 Å². The molecule has 1 unspecified atom stereocenters. The zero-order valence-corrected chi connectivity index (χ0v) is 18.7. The molecule has 168 valence electrons. The topological polar surface area (TPSA) is 113 Å². The lowest BCUT2D eigenvalue weighted by atomic mass is 9.96. The number of carbonyl (C=O) groups is 1. The van der Waals surface area contributed by atoms with Gasteiger partial charge in [0.1, 0.15) is 0 Å². The van der Waals surface area contributed by atoms with Crippen LogP contribution in [0.3, 0.4) is 0 Å². The molecule has 0 N–H and O–H groups in total. The maximum absolute atomic E-state index is 12.5. The molecule has 0 amide bonds. The first-order valence-corrected chi connectivity index (χ1v) is 11.0. The molecule has 0 saturated heterocycles. The number of aromatic nitrogens is 5. The van der Waals surface area contributed by atoms with Crippen molar-refractivity contribution in [3.05, 3.63) is 36.2 Å². The van der Waals surface area contributed by atoms with Gasteiger partial charge in [-0.15, -0.1) is 4.98 Å². The van der Waals surface area contributed by atoms with Crippen LogP contribution in [0.1, 0.15) is 58.9 Å².